The summed E-state index contributed by atoms with van der Waals surface area (Å²) in [7, 11) is 0. The third-order valence-electron chi connectivity index (χ3n) is 2.50. The predicted octanol–water partition coefficient (Wildman–Crippen LogP) is 2.42. The summed E-state index contributed by atoms with van der Waals surface area (Å²) < 4.78 is 0. The van der Waals surface area contributed by atoms with Crippen LogP contribution in [-0.2, 0) is 0 Å². The van der Waals surface area contributed by atoms with Gasteiger partial charge in [-0.25, -0.2) is 4.98 Å². The second-order valence-electron chi connectivity index (χ2n) is 3.40. The number of H-pyrrole nitrogens is 1. The van der Waals surface area contributed by atoms with Crippen molar-refractivity contribution in [2.24, 2.45) is 0 Å². The fourth-order valence-electron chi connectivity index (χ4n) is 1.72. The highest BCUT2D eigenvalue weighted by Crippen LogP contribution is 2.21. The van der Waals surface area contributed by atoms with Crippen LogP contribution in [0.4, 0.5) is 0 Å². The van der Waals surface area contributed by atoms with E-state index in [1.165, 1.54) is 5.39 Å². The second-order valence-corrected chi connectivity index (χ2v) is 3.40. The summed E-state index contributed by atoms with van der Waals surface area (Å²) in [5, 5.41) is 2.33. The largest absolute Gasteiger partial charge is 0.349 e. The number of rotatable bonds is 0. The molecule has 0 aliphatic carbocycles. The van der Waals surface area contributed by atoms with Crippen molar-refractivity contribution >= 4 is 21.8 Å². The Balaban J connectivity index is 2.57. The first-order chi connectivity index (χ1) is 6.84. The summed E-state index contributed by atoms with van der Waals surface area (Å²) in [6.45, 7) is 2.05. The number of nitrogens with zero attached hydrogens (tertiary/aromatic N) is 2. The summed E-state index contributed by atoms with van der Waals surface area (Å²) in [5.41, 5.74) is 3.14. The summed E-state index contributed by atoms with van der Waals surface area (Å²) in [5.74, 6) is 0. The first-order valence-electron chi connectivity index (χ1n) is 4.53. The van der Waals surface area contributed by atoms with Crippen LogP contribution in [-0.4, -0.2) is 15.0 Å². The number of fused-ring (bicyclic) bond motifs is 2. The molecule has 2 aromatic heterocycles. The summed E-state index contributed by atoms with van der Waals surface area (Å²) in [4.78, 5) is 11.6. The third kappa shape index (κ3) is 0.923. The molecule has 0 radical (unpaired) electrons. The maximum absolute atomic E-state index is 4.28. The van der Waals surface area contributed by atoms with Crippen LogP contribution >= 0.6 is 0 Å². The average Bonchev–Trinajstić information content (AvgIpc) is 2.62. The molecule has 3 aromatic rings. The van der Waals surface area contributed by atoms with Gasteiger partial charge in [0.25, 0.3) is 0 Å². The lowest BCUT2D eigenvalue weighted by Gasteiger charge is -2.00. The standard InChI is InChI=1S/C11H9N3/c1-7-9-4-8-2-3-12-10(8)5-11(9)14-6-13-7/h2-6H,1H3,(H,13,14). The van der Waals surface area contributed by atoms with Gasteiger partial charge in [0, 0.05) is 22.7 Å². The molecular weight excluding hydrogens is 174 g/mol. The molecule has 0 saturated carbocycles. The van der Waals surface area contributed by atoms with Crippen molar-refractivity contribution in [2.75, 3.05) is 0 Å². The molecule has 0 spiro atoms. The number of hydrogen-bond donors (Lipinski definition) is 1. The summed E-state index contributed by atoms with van der Waals surface area (Å²) in [6.07, 6.45) is 3.54. The molecule has 0 bridgehead atoms. The monoisotopic (exact) mass is 183 g/mol. The number of aromatic amines is 1. The molecule has 68 valence electrons. The van der Waals surface area contributed by atoms with Gasteiger partial charge >= 0.3 is 0 Å². The van der Waals surface area contributed by atoms with Crippen molar-refractivity contribution < 1.29 is 0 Å². The van der Waals surface area contributed by atoms with Crippen molar-refractivity contribution in [1.82, 2.24) is 15.0 Å². The van der Waals surface area contributed by atoms with E-state index in [1.54, 1.807) is 6.33 Å². The van der Waals surface area contributed by atoms with Gasteiger partial charge in [-0.2, -0.15) is 0 Å². The van der Waals surface area contributed by atoms with Gasteiger partial charge in [0.1, 0.15) is 0 Å². The minimum Gasteiger partial charge on any atom is -0.349 e. The fraction of sp³-hybridized carbons (Fsp3) is 0.0909. The quantitative estimate of drug-likeness (QED) is 0.581. The van der Waals surface area contributed by atoms with E-state index in [0.717, 1.165) is 22.1 Å². The molecule has 0 amide bonds. The Labute approximate surface area is 80.8 Å². The second kappa shape index (κ2) is 2.54. The highest BCUT2D eigenvalue weighted by molar-refractivity contribution is 5.95. The number of aryl methyl sites for hydroxylation is 1. The zero-order valence-electron chi connectivity index (χ0n) is 7.78. The normalized spacial score (nSPS) is 11.2. The maximum Gasteiger partial charge on any atom is 0.0928 e. The molecule has 1 N–H and O–H groups in total. The average molecular weight is 183 g/mol. The molecule has 0 fully saturated rings. The van der Waals surface area contributed by atoms with E-state index in [4.69, 9.17) is 0 Å². The zero-order chi connectivity index (χ0) is 9.54. The topological polar surface area (TPSA) is 41.6 Å². The number of nitrogens with one attached hydrogen (secondary N) is 1. The third-order valence-corrected chi connectivity index (χ3v) is 2.50. The van der Waals surface area contributed by atoms with Crippen LogP contribution in [0.2, 0.25) is 0 Å². The molecule has 3 heteroatoms. The van der Waals surface area contributed by atoms with Crippen LogP contribution < -0.4 is 0 Å². The van der Waals surface area contributed by atoms with Gasteiger partial charge < -0.3 is 4.98 Å². The van der Waals surface area contributed by atoms with Gasteiger partial charge in [0.2, 0.25) is 0 Å². The van der Waals surface area contributed by atoms with Crippen molar-refractivity contribution in [3.8, 4) is 0 Å². The molecule has 3 rings (SSSR count). The molecule has 1 aromatic carbocycles. The van der Waals surface area contributed by atoms with Gasteiger partial charge in [-0.15, -0.1) is 0 Å². The van der Waals surface area contributed by atoms with Crippen LogP contribution in [0.15, 0.2) is 30.7 Å². The zero-order valence-corrected chi connectivity index (χ0v) is 7.78. The molecule has 14 heavy (non-hydrogen) atoms. The van der Waals surface area contributed by atoms with E-state index in [9.17, 15) is 0 Å². The number of benzene rings is 1. The lowest BCUT2D eigenvalue weighted by molar-refractivity contribution is 1.15. The van der Waals surface area contributed by atoms with Crippen molar-refractivity contribution in [3.63, 3.8) is 0 Å². The van der Waals surface area contributed by atoms with Crippen LogP contribution in [0.5, 0.6) is 0 Å². The molecule has 0 saturated heterocycles. The SMILES string of the molecule is Cc1[nH]cnc2cc3nccc3cc12. The van der Waals surface area contributed by atoms with Crippen LogP contribution in [0.1, 0.15) is 5.69 Å². The highest BCUT2D eigenvalue weighted by atomic mass is 14.8. The maximum atomic E-state index is 4.28. The van der Waals surface area contributed by atoms with E-state index in [1.807, 2.05) is 25.3 Å². The Kier molecular flexibility index (Phi) is 1.36. The van der Waals surface area contributed by atoms with Crippen molar-refractivity contribution in [3.05, 3.63) is 36.4 Å². The van der Waals surface area contributed by atoms with E-state index in [0.29, 0.717) is 0 Å². The van der Waals surface area contributed by atoms with Gasteiger partial charge in [-0.05, 0) is 25.1 Å². The number of aromatic nitrogens is 3. The molecule has 0 atom stereocenters. The molecule has 0 aliphatic heterocycles. The summed E-state index contributed by atoms with van der Waals surface area (Å²) >= 11 is 0. The molecular formula is C11H9N3. The van der Waals surface area contributed by atoms with Crippen LogP contribution in [0.25, 0.3) is 21.8 Å². The lowest BCUT2D eigenvalue weighted by Crippen LogP contribution is -1.86. The Bertz CT molecular complexity index is 610. The Morgan fingerprint density at radius 3 is 3.00 bits per heavy atom. The molecule has 3 nitrogen and oxygen atoms in total. The van der Waals surface area contributed by atoms with Gasteiger partial charge in [0.15, 0.2) is 0 Å². The smallest absolute Gasteiger partial charge is 0.0928 e. The van der Waals surface area contributed by atoms with E-state index >= 15 is 0 Å². The first kappa shape index (κ1) is 7.50. The van der Waals surface area contributed by atoms with E-state index < -0.39 is 0 Å². The van der Waals surface area contributed by atoms with E-state index in [2.05, 4.69) is 21.0 Å². The first-order valence-corrected chi connectivity index (χ1v) is 4.53. The summed E-state index contributed by atoms with van der Waals surface area (Å²) in [6, 6.07) is 6.16. The van der Waals surface area contributed by atoms with Crippen LogP contribution in [0, 0.1) is 6.92 Å². The molecule has 0 aliphatic rings. The fourth-order valence-corrected chi connectivity index (χ4v) is 1.72. The van der Waals surface area contributed by atoms with Gasteiger partial charge in [-0.1, -0.05) is 0 Å². The van der Waals surface area contributed by atoms with Crippen molar-refractivity contribution in [2.45, 2.75) is 6.92 Å². The Morgan fingerprint density at radius 2 is 2.07 bits per heavy atom. The lowest BCUT2D eigenvalue weighted by atomic mass is 10.1. The van der Waals surface area contributed by atoms with E-state index in [-0.39, 0.29) is 0 Å². The van der Waals surface area contributed by atoms with Gasteiger partial charge in [-0.3, -0.25) is 4.98 Å². The minimum absolute atomic E-state index is 0.993. The minimum atomic E-state index is 0.993. The predicted molar refractivity (Wildman–Crippen MR) is 56.1 cm³/mol. The Morgan fingerprint density at radius 1 is 1.14 bits per heavy atom. The van der Waals surface area contributed by atoms with Gasteiger partial charge in [0.05, 0.1) is 17.4 Å². The van der Waals surface area contributed by atoms with Crippen molar-refractivity contribution in [1.29, 1.82) is 0 Å². The molecule has 2 heterocycles. The Hall–Kier alpha value is -1.90. The van der Waals surface area contributed by atoms with Crippen LogP contribution in [0.3, 0.4) is 0 Å². The molecule has 0 unspecified atom stereocenters. The number of hydrogen-bond acceptors (Lipinski definition) is 2. The highest BCUT2D eigenvalue weighted by Gasteiger charge is 2.01.